The van der Waals surface area contributed by atoms with E-state index in [1.807, 2.05) is 24.3 Å². The van der Waals surface area contributed by atoms with Gasteiger partial charge < -0.3 is 29.2 Å². The number of carbonyl (C=O) groups excluding carboxylic acids is 4. The number of rotatable bonds is 10. The lowest BCUT2D eigenvalue weighted by molar-refractivity contribution is -0.257. The Hall–Kier alpha value is -4.45. The van der Waals surface area contributed by atoms with E-state index in [2.05, 4.69) is 10.0 Å². The van der Waals surface area contributed by atoms with Gasteiger partial charge in [-0.2, -0.15) is 13.2 Å². The van der Waals surface area contributed by atoms with E-state index in [0.29, 0.717) is 81.8 Å². The molecule has 1 saturated heterocycles. The molecule has 0 unspecified atom stereocenters. The van der Waals surface area contributed by atoms with E-state index < -0.39 is 85.7 Å². The van der Waals surface area contributed by atoms with Crippen molar-refractivity contribution in [3.05, 3.63) is 41.6 Å². The Morgan fingerprint density at radius 2 is 1.84 bits per heavy atom. The second kappa shape index (κ2) is 16.3. The molecule has 18 heteroatoms. The average molecular weight is 877 g/mol. The van der Waals surface area contributed by atoms with Crippen LogP contribution < -0.4 is 19.5 Å². The van der Waals surface area contributed by atoms with Gasteiger partial charge in [0.1, 0.15) is 35.3 Å². The molecule has 334 valence electrons. The third kappa shape index (κ3) is 8.93. The molecule has 1 aromatic carbocycles. The lowest BCUT2D eigenvalue weighted by atomic mass is 9.87. The summed E-state index contributed by atoms with van der Waals surface area (Å²) in [6.07, 6.45) is 2.31. The van der Waals surface area contributed by atoms with Gasteiger partial charge in [0.2, 0.25) is 27.4 Å². The summed E-state index contributed by atoms with van der Waals surface area (Å²) in [6, 6.07) is 4.30. The maximum absolute atomic E-state index is 14.8. The number of halogens is 3. The highest BCUT2D eigenvalue weighted by Gasteiger charge is 2.64. The number of pyridine rings is 1. The molecule has 1 aromatic heterocycles. The highest BCUT2D eigenvalue weighted by molar-refractivity contribution is 7.91. The number of nitrogens with one attached hydrogen (secondary N) is 2. The Balaban J connectivity index is 1.23. The van der Waals surface area contributed by atoms with Crippen LogP contribution >= 0.6 is 0 Å². The first kappa shape index (κ1) is 44.6. The Morgan fingerprint density at radius 3 is 2.54 bits per heavy atom. The summed E-state index contributed by atoms with van der Waals surface area (Å²) < 4.78 is 91.6. The predicted octanol–water partition coefficient (Wildman–Crippen LogP) is 5.52. The van der Waals surface area contributed by atoms with Crippen molar-refractivity contribution in [3.63, 3.8) is 0 Å². The number of carbonyl (C=O) groups is 4. The number of hydrogen-bond donors (Lipinski definition) is 2. The number of amides is 3. The summed E-state index contributed by atoms with van der Waals surface area (Å²) >= 11 is 0. The maximum Gasteiger partial charge on any atom is 0.427 e. The van der Waals surface area contributed by atoms with E-state index in [1.165, 1.54) is 4.90 Å². The van der Waals surface area contributed by atoms with Crippen molar-refractivity contribution < 1.29 is 59.7 Å². The SMILES string of the molecule is COCCOc1ccc2nc(C)c3c(c2c1)CC[C@]1(C[C@H]2C(=O)N[C@]4(C(=O)NS(=O)(=O)C5(C)CC5)C[C@H]4/C=C\CCCCC[C@H](CC(=O)OC(C)(C)C(F)(F)F)C(=O)N2C1)O3. The topological polar surface area (TPSA) is 180 Å². The summed E-state index contributed by atoms with van der Waals surface area (Å²) in [5.74, 6) is -4.00. The van der Waals surface area contributed by atoms with Gasteiger partial charge in [0, 0.05) is 36.3 Å². The van der Waals surface area contributed by atoms with Crippen molar-refractivity contribution in [2.75, 3.05) is 26.9 Å². The number of benzene rings is 1. The Morgan fingerprint density at radius 1 is 1.08 bits per heavy atom. The number of alkyl halides is 3. The molecular weight excluding hydrogens is 822 g/mol. The molecule has 61 heavy (non-hydrogen) atoms. The third-order valence-corrected chi connectivity index (χ3v) is 15.2. The summed E-state index contributed by atoms with van der Waals surface area (Å²) in [6.45, 7) is 5.45. The van der Waals surface area contributed by atoms with Gasteiger partial charge in [0.25, 0.3) is 5.91 Å². The van der Waals surface area contributed by atoms with Gasteiger partial charge in [-0.1, -0.05) is 25.0 Å². The van der Waals surface area contributed by atoms with Crippen LogP contribution in [0.25, 0.3) is 10.9 Å². The molecule has 0 radical (unpaired) electrons. The predicted molar refractivity (Wildman–Crippen MR) is 216 cm³/mol. The summed E-state index contributed by atoms with van der Waals surface area (Å²) in [5, 5.41) is 3.67. The van der Waals surface area contributed by atoms with Crippen molar-refractivity contribution >= 4 is 44.6 Å². The third-order valence-electron chi connectivity index (χ3n) is 13.1. The van der Waals surface area contributed by atoms with Crippen molar-refractivity contribution in [3.8, 4) is 11.5 Å². The minimum absolute atomic E-state index is 0.0332. The van der Waals surface area contributed by atoms with Gasteiger partial charge in [-0.15, -0.1) is 0 Å². The molecule has 0 bridgehead atoms. The number of aromatic nitrogens is 1. The molecule has 3 fully saturated rings. The van der Waals surface area contributed by atoms with Gasteiger partial charge in [-0.3, -0.25) is 23.9 Å². The number of fused-ring (bicyclic) bond motifs is 5. The van der Waals surface area contributed by atoms with Crippen LogP contribution in [0, 0.1) is 18.8 Å². The molecule has 2 saturated carbocycles. The van der Waals surface area contributed by atoms with Crippen LogP contribution in [0.2, 0.25) is 0 Å². The van der Waals surface area contributed by atoms with Crippen molar-refractivity contribution in [1.29, 1.82) is 0 Å². The number of ether oxygens (including phenoxy) is 4. The van der Waals surface area contributed by atoms with Crippen molar-refractivity contribution in [1.82, 2.24) is 19.9 Å². The fourth-order valence-corrected chi connectivity index (χ4v) is 10.0. The second-order valence-electron chi connectivity index (χ2n) is 18.1. The standard InChI is InChI=1S/C43H55F3N4O10S/c1-26-35-30(31-22-29(58-20-19-57-5)13-14-32(31)47-26)15-16-41(60-35)24-33-36(52)48-42(38(54)49-61(55,56)40(4)17-18-40)23-28(42)12-10-8-6-7-9-11-27(37(53)50(33)25-41)21-34(51)59-39(2,3)43(44,45)46/h10,12-14,22,27-28,33H,6-9,11,15-21,23-25H2,1-5H3,(H,48,52)(H,49,54)/b12-10-/t27-,28-,33+,41-,42-/m1/s1. The van der Waals surface area contributed by atoms with Gasteiger partial charge in [0.15, 0.2) is 0 Å². The van der Waals surface area contributed by atoms with E-state index in [-0.39, 0.29) is 25.8 Å². The molecule has 3 amide bonds. The fourth-order valence-electron chi connectivity index (χ4n) is 8.72. The minimum Gasteiger partial charge on any atom is -0.491 e. The molecule has 3 aliphatic heterocycles. The molecule has 2 N–H and O–H groups in total. The van der Waals surface area contributed by atoms with Crippen molar-refractivity contribution in [2.45, 2.75) is 138 Å². The normalized spacial score (nSPS) is 28.3. The first-order valence-corrected chi connectivity index (χ1v) is 22.5. The number of esters is 1. The van der Waals surface area contributed by atoms with Gasteiger partial charge in [-0.25, -0.2) is 13.4 Å². The number of aryl methyl sites for hydroxylation is 2. The van der Waals surface area contributed by atoms with Crippen LogP contribution in [-0.4, -0.2) is 103 Å². The number of methoxy groups -OCH3 is 1. The Bertz CT molecular complexity index is 2230. The molecule has 1 spiro atoms. The molecule has 4 heterocycles. The zero-order chi connectivity index (χ0) is 44.2. The van der Waals surface area contributed by atoms with Crippen LogP contribution in [0.4, 0.5) is 13.2 Å². The molecule has 5 atom stereocenters. The number of sulfonamides is 1. The molecular formula is C43H55F3N4O10S. The zero-order valence-corrected chi connectivity index (χ0v) is 36.1. The quantitative estimate of drug-likeness (QED) is 0.175. The van der Waals surface area contributed by atoms with Crippen LogP contribution in [0.1, 0.15) is 103 Å². The summed E-state index contributed by atoms with van der Waals surface area (Å²) in [7, 11) is -2.49. The van der Waals surface area contributed by atoms with Crippen molar-refractivity contribution in [2.24, 2.45) is 11.8 Å². The summed E-state index contributed by atoms with van der Waals surface area (Å²) in [4.78, 5) is 62.9. The van der Waals surface area contributed by atoms with Crippen LogP contribution in [-0.2, 0) is 45.1 Å². The van der Waals surface area contributed by atoms with Gasteiger partial charge in [0.05, 0.1) is 35.5 Å². The Labute approximate surface area is 353 Å². The summed E-state index contributed by atoms with van der Waals surface area (Å²) in [5.41, 5.74) is -3.40. The molecule has 2 aliphatic carbocycles. The molecule has 14 nitrogen and oxygen atoms in total. The molecule has 5 aliphatic rings. The molecule has 7 rings (SSSR count). The minimum atomic E-state index is -4.86. The first-order valence-electron chi connectivity index (χ1n) is 21.0. The monoisotopic (exact) mass is 876 g/mol. The fraction of sp³-hybridized carbons (Fsp3) is 0.651. The number of hydrogen-bond acceptors (Lipinski definition) is 11. The lowest BCUT2D eigenvalue weighted by Crippen LogP contribution is -2.57. The van der Waals surface area contributed by atoms with E-state index in [0.717, 1.165) is 30.3 Å². The number of allylic oxidation sites excluding steroid dienone is 1. The average Bonchev–Trinajstić information content (AvgIpc) is 4.08. The van der Waals surface area contributed by atoms with E-state index in [4.69, 9.17) is 23.9 Å². The largest absolute Gasteiger partial charge is 0.491 e. The highest BCUT2D eigenvalue weighted by atomic mass is 32.2. The Kier molecular flexibility index (Phi) is 12.0. The number of nitrogens with zero attached hydrogens (tertiary/aromatic N) is 2. The first-order chi connectivity index (χ1) is 28.6. The van der Waals surface area contributed by atoms with Crippen LogP contribution in [0.5, 0.6) is 11.5 Å². The highest BCUT2D eigenvalue weighted by Crippen LogP contribution is 2.49. The smallest absolute Gasteiger partial charge is 0.427 e. The van der Waals surface area contributed by atoms with E-state index in [9.17, 15) is 40.8 Å². The van der Waals surface area contributed by atoms with Gasteiger partial charge >= 0.3 is 12.1 Å². The lowest BCUT2D eigenvalue weighted by Gasteiger charge is -2.37. The van der Waals surface area contributed by atoms with Gasteiger partial charge in [-0.05, 0) is 97.3 Å². The van der Waals surface area contributed by atoms with E-state index in [1.54, 1.807) is 27.0 Å². The molecule has 2 aromatic rings. The second-order valence-corrected chi connectivity index (χ2v) is 20.3. The maximum atomic E-state index is 14.8. The van der Waals surface area contributed by atoms with Crippen LogP contribution in [0.3, 0.4) is 0 Å². The van der Waals surface area contributed by atoms with Crippen LogP contribution in [0.15, 0.2) is 30.4 Å². The van der Waals surface area contributed by atoms with E-state index >= 15 is 0 Å². The zero-order valence-electron chi connectivity index (χ0n) is 35.2.